The van der Waals surface area contributed by atoms with Gasteiger partial charge in [-0.3, -0.25) is 4.72 Å². The zero-order valence-electron chi connectivity index (χ0n) is 15.4. The zero-order chi connectivity index (χ0) is 20.0. The van der Waals surface area contributed by atoms with Crippen LogP contribution in [0.3, 0.4) is 0 Å². The first-order chi connectivity index (χ1) is 13.4. The molecule has 2 N–H and O–H groups in total. The quantitative estimate of drug-likeness (QED) is 0.589. The van der Waals surface area contributed by atoms with Crippen molar-refractivity contribution in [3.05, 3.63) is 89.7 Å². The van der Waals surface area contributed by atoms with Crippen molar-refractivity contribution in [2.24, 2.45) is 0 Å². The highest BCUT2D eigenvalue weighted by atomic mass is 32.2. The third kappa shape index (κ3) is 6.28. The molecule has 3 aromatic rings. The lowest BCUT2D eigenvalue weighted by molar-refractivity contribution is 0.306. The molecular weight excluding hydrogens is 379 g/mol. The first-order valence-corrected chi connectivity index (χ1v) is 10.5. The Morgan fingerprint density at radius 1 is 0.893 bits per heavy atom. The summed E-state index contributed by atoms with van der Waals surface area (Å²) in [6, 6.07) is 20.9. The number of nitrogens with one attached hydrogen (secondary N) is 2. The van der Waals surface area contributed by atoms with Crippen molar-refractivity contribution in [3.63, 3.8) is 0 Å². The number of hydrogen-bond donors (Lipinski definition) is 2. The summed E-state index contributed by atoms with van der Waals surface area (Å²) < 4.78 is 43.7. The van der Waals surface area contributed by atoms with Crippen LogP contribution in [0.5, 0.6) is 5.75 Å². The van der Waals surface area contributed by atoms with E-state index in [-0.39, 0.29) is 5.82 Å². The molecule has 28 heavy (non-hydrogen) atoms. The van der Waals surface area contributed by atoms with E-state index in [4.69, 9.17) is 4.74 Å². The third-order valence-electron chi connectivity index (χ3n) is 3.90. The van der Waals surface area contributed by atoms with Crippen molar-refractivity contribution < 1.29 is 17.5 Å². The SMILES string of the molecule is CS(=O)(=O)Nc1cccc(NCc2ccc(OCc3ccc(F)cc3)cc2)c1. The average molecular weight is 400 g/mol. The summed E-state index contributed by atoms with van der Waals surface area (Å²) in [6.45, 7) is 0.957. The number of halogens is 1. The van der Waals surface area contributed by atoms with Crippen molar-refractivity contribution >= 4 is 21.4 Å². The number of hydrogen-bond acceptors (Lipinski definition) is 4. The summed E-state index contributed by atoms with van der Waals surface area (Å²) in [7, 11) is -3.30. The van der Waals surface area contributed by atoms with Gasteiger partial charge in [0.25, 0.3) is 0 Å². The van der Waals surface area contributed by atoms with Crippen LogP contribution >= 0.6 is 0 Å². The largest absolute Gasteiger partial charge is 0.489 e. The average Bonchev–Trinajstić information content (AvgIpc) is 2.66. The lowest BCUT2D eigenvalue weighted by atomic mass is 10.2. The molecule has 5 nitrogen and oxygen atoms in total. The Labute approximate surface area is 164 Å². The molecule has 0 saturated carbocycles. The van der Waals surface area contributed by atoms with E-state index >= 15 is 0 Å². The van der Waals surface area contributed by atoms with Gasteiger partial charge < -0.3 is 10.1 Å². The summed E-state index contributed by atoms with van der Waals surface area (Å²) in [5.41, 5.74) is 3.27. The molecule has 0 radical (unpaired) electrons. The van der Waals surface area contributed by atoms with Crippen LogP contribution in [0.25, 0.3) is 0 Å². The van der Waals surface area contributed by atoms with Gasteiger partial charge in [0.2, 0.25) is 10.0 Å². The van der Waals surface area contributed by atoms with Crippen LogP contribution in [0, 0.1) is 5.82 Å². The molecule has 0 aliphatic carbocycles. The molecule has 0 heterocycles. The number of rotatable bonds is 8. The van der Waals surface area contributed by atoms with E-state index in [1.807, 2.05) is 30.3 Å². The predicted octanol–water partition coefficient (Wildman–Crippen LogP) is 4.39. The maximum atomic E-state index is 12.9. The molecule has 3 aromatic carbocycles. The standard InChI is InChI=1S/C21H21FN2O3S/c1-28(25,26)24-20-4-2-3-19(13-20)23-14-16-7-11-21(12-8-16)27-15-17-5-9-18(22)10-6-17/h2-13,23-24H,14-15H2,1H3. The van der Waals surface area contributed by atoms with Gasteiger partial charge in [-0.15, -0.1) is 0 Å². The van der Waals surface area contributed by atoms with Gasteiger partial charge in [-0.25, -0.2) is 12.8 Å². The number of sulfonamides is 1. The van der Waals surface area contributed by atoms with E-state index in [2.05, 4.69) is 10.0 Å². The Kier molecular flexibility index (Phi) is 6.16. The van der Waals surface area contributed by atoms with E-state index < -0.39 is 10.0 Å². The van der Waals surface area contributed by atoms with Crippen LogP contribution < -0.4 is 14.8 Å². The van der Waals surface area contributed by atoms with Crippen LogP contribution in [0.4, 0.5) is 15.8 Å². The molecule has 0 fully saturated rings. The monoisotopic (exact) mass is 400 g/mol. The smallest absolute Gasteiger partial charge is 0.229 e. The maximum Gasteiger partial charge on any atom is 0.229 e. The molecule has 0 aliphatic rings. The second kappa shape index (κ2) is 8.75. The maximum absolute atomic E-state index is 12.9. The molecule has 0 spiro atoms. The van der Waals surface area contributed by atoms with Crippen LogP contribution in [0.1, 0.15) is 11.1 Å². The van der Waals surface area contributed by atoms with Crippen molar-refractivity contribution in [1.29, 1.82) is 0 Å². The fraction of sp³-hybridized carbons (Fsp3) is 0.143. The predicted molar refractivity (Wildman–Crippen MR) is 109 cm³/mol. The highest BCUT2D eigenvalue weighted by Crippen LogP contribution is 2.18. The third-order valence-corrected chi connectivity index (χ3v) is 4.51. The molecule has 146 valence electrons. The summed E-state index contributed by atoms with van der Waals surface area (Å²) in [5, 5.41) is 3.26. The molecule has 0 atom stereocenters. The van der Waals surface area contributed by atoms with Gasteiger partial charge in [0.05, 0.1) is 11.9 Å². The second-order valence-electron chi connectivity index (χ2n) is 6.37. The Morgan fingerprint density at radius 2 is 1.54 bits per heavy atom. The topological polar surface area (TPSA) is 67.4 Å². The van der Waals surface area contributed by atoms with Gasteiger partial charge in [-0.1, -0.05) is 30.3 Å². The van der Waals surface area contributed by atoms with Crippen LogP contribution in [-0.4, -0.2) is 14.7 Å². The van der Waals surface area contributed by atoms with Crippen molar-refractivity contribution in [2.45, 2.75) is 13.2 Å². The summed E-state index contributed by atoms with van der Waals surface area (Å²) in [6.07, 6.45) is 1.12. The molecule has 7 heteroatoms. The fourth-order valence-electron chi connectivity index (χ4n) is 2.56. The highest BCUT2D eigenvalue weighted by Gasteiger charge is 2.03. The normalized spacial score (nSPS) is 11.1. The Morgan fingerprint density at radius 3 is 2.21 bits per heavy atom. The fourth-order valence-corrected chi connectivity index (χ4v) is 3.12. The minimum absolute atomic E-state index is 0.266. The summed E-state index contributed by atoms with van der Waals surface area (Å²) in [4.78, 5) is 0. The van der Waals surface area contributed by atoms with Crippen molar-refractivity contribution in [2.75, 3.05) is 16.3 Å². The first-order valence-electron chi connectivity index (χ1n) is 8.65. The number of benzene rings is 3. The Balaban J connectivity index is 1.53. The van der Waals surface area contributed by atoms with E-state index in [0.717, 1.165) is 28.8 Å². The van der Waals surface area contributed by atoms with Gasteiger partial charge in [-0.2, -0.15) is 0 Å². The van der Waals surface area contributed by atoms with Gasteiger partial charge in [0.15, 0.2) is 0 Å². The summed E-state index contributed by atoms with van der Waals surface area (Å²) in [5.74, 6) is 0.464. The lowest BCUT2D eigenvalue weighted by Crippen LogP contribution is -2.09. The van der Waals surface area contributed by atoms with E-state index in [1.165, 1.54) is 12.1 Å². The molecule has 3 rings (SSSR count). The first kappa shape index (κ1) is 19.7. The Bertz CT molecular complexity index is 1020. The van der Waals surface area contributed by atoms with E-state index in [0.29, 0.717) is 18.8 Å². The zero-order valence-corrected chi connectivity index (χ0v) is 16.2. The molecule has 0 aliphatic heterocycles. The van der Waals surface area contributed by atoms with Crippen LogP contribution in [0.2, 0.25) is 0 Å². The van der Waals surface area contributed by atoms with Crippen molar-refractivity contribution in [3.8, 4) is 5.75 Å². The van der Waals surface area contributed by atoms with Crippen LogP contribution in [-0.2, 0) is 23.2 Å². The minimum atomic E-state index is -3.30. The molecular formula is C21H21FN2O3S. The summed E-state index contributed by atoms with van der Waals surface area (Å²) >= 11 is 0. The van der Waals surface area contributed by atoms with Gasteiger partial charge in [0.1, 0.15) is 18.2 Å². The van der Waals surface area contributed by atoms with E-state index in [1.54, 1.807) is 30.3 Å². The van der Waals surface area contributed by atoms with Gasteiger partial charge in [0, 0.05) is 12.2 Å². The molecule has 0 bridgehead atoms. The van der Waals surface area contributed by atoms with Crippen LogP contribution in [0.15, 0.2) is 72.8 Å². The van der Waals surface area contributed by atoms with Gasteiger partial charge >= 0.3 is 0 Å². The Hall–Kier alpha value is -3.06. The molecule has 0 aromatic heterocycles. The second-order valence-corrected chi connectivity index (χ2v) is 8.12. The number of ether oxygens (including phenoxy) is 1. The minimum Gasteiger partial charge on any atom is -0.489 e. The molecule has 0 amide bonds. The molecule has 0 unspecified atom stereocenters. The molecule has 0 saturated heterocycles. The van der Waals surface area contributed by atoms with Crippen molar-refractivity contribution in [1.82, 2.24) is 0 Å². The lowest BCUT2D eigenvalue weighted by Gasteiger charge is -2.10. The van der Waals surface area contributed by atoms with Gasteiger partial charge in [-0.05, 0) is 53.6 Å². The van der Waals surface area contributed by atoms with E-state index in [9.17, 15) is 12.8 Å². The highest BCUT2D eigenvalue weighted by molar-refractivity contribution is 7.92. The number of anilines is 2.